The van der Waals surface area contributed by atoms with Crippen LogP contribution in [0.15, 0.2) is 22.7 Å². The van der Waals surface area contributed by atoms with E-state index >= 15 is 0 Å². The fourth-order valence-corrected chi connectivity index (χ4v) is 3.17. The summed E-state index contributed by atoms with van der Waals surface area (Å²) in [6.07, 6.45) is 6.43. The van der Waals surface area contributed by atoms with Gasteiger partial charge in [0, 0.05) is 23.8 Å². The summed E-state index contributed by atoms with van der Waals surface area (Å²) in [5.74, 6) is 0.701. The van der Waals surface area contributed by atoms with Crippen LogP contribution in [0.1, 0.15) is 42.5 Å². The van der Waals surface area contributed by atoms with E-state index in [0.717, 1.165) is 11.0 Å². The average molecular weight is 325 g/mol. The number of hydrogen-bond donors (Lipinski definition) is 1. The molecule has 1 aliphatic rings. The highest BCUT2D eigenvalue weighted by Gasteiger charge is 2.20. The van der Waals surface area contributed by atoms with Crippen molar-refractivity contribution in [1.29, 1.82) is 0 Å². The molecule has 1 aromatic rings. The van der Waals surface area contributed by atoms with E-state index in [1.54, 1.807) is 12.1 Å². The lowest BCUT2D eigenvalue weighted by atomic mass is 9.89. The van der Waals surface area contributed by atoms with Gasteiger partial charge in [-0.25, -0.2) is 0 Å². The predicted molar refractivity (Wildman–Crippen MR) is 82.1 cm³/mol. The van der Waals surface area contributed by atoms with Gasteiger partial charge in [0.1, 0.15) is 0 Å². The van der Waals surface area contributed by atoms with Gasteiger partial charge >= 0.3 is 0 Å². The summed E-state index contributed by atoms with van der Waals surface area (Å²) in [7, 11) is 1.88. The van der Waals surface area contributed by atoms with Crippen molar-refractivity contribution in [3.63, 3.8) is 0 Å². The van der Waals surface area contributed by atoms with Crippen LogP contribution in [0.25, 0.3) is 0 Å². The zero-order chi connectivity index (χ0) is 13.8. The normalized spacial score (nSPS) is 16.3. The molecular weight excluding hydrogens is 304 g/mol. The average Bonchev–Trinajstić information content (AvgIpc) is 2.42. The standard InChI is InChI=1S/C15H21BrN2O/c1-18(10-11-5-3-2-4-6-11)15(19)13-9-12(17)7-8-14(13)16/h7-9,11H,2-6,10,17H2,1H3. The van der Waals surface area contributed by atoms with Gasteiger partial charge in [-0.05, 0) is 52.9 Å². The number of anilines is 1. The smallest absolute Gasteiger partial charge is 0.254 e. The van der Waals surface area contributed by atoms with E-state index in [9.17, 15) is 4.79 Å². The number of nitrogens with zero attached hydrogens (tertiary/aromatic N) is 1. The number of carbonyl (C=O) groups excluding carboxylic acids is 1. The lowest BCUT2D eigenvalue weighted by Crippen LogP contribution is -2.32. The van der Waals surface area contributed by atoms with Crippen molar-refractivity contribution in [3.05, 3.63) is 28.2 Å². The quantitative estimate of drug-likeness (QED) is 0.862. The molecule has 0 saturated heterocycles. The number of carbonyl (C=O) groups is 1. The summed E-state index contributed by atoms with van der Waals surface area (Å²) < 4.78 is 0.808. The fraction of sp³-hybridized carbons (Fsp3) is 0.533. The Bertz CT molecular complexity index is 455. The molecule has 0 bridgehead atoms. The minimum Gasteiger partial charge on any atom is -0.399 e. The second-order valence-electron chi connectivity index (χ2n) is 5.43. The number of rotatable bonds is 3. The Hall–Kier alpha value is -1.03. The molecule has 0 aromatic heterocycles. The molecule has 3 nitrogen and oxygen atoms in total. The third-order valence-electron chi connectivity index (χ3n) is 3.82. The first-order valence-corrected chi connectivity index (χ1v) is 7.67. The molecule has 0 atom stereocenters. The first-order valence-electron chi connectivity index (χ1n) is 6.88. The van der Waals surface area contributed by atoms with Crippen LogP contribution in [-0.4, -0.2) is 24.4 Å². The number of nitrogens with two attached hydrogens (primary N) is 1. The van der Waals surface area contributed by atoms with Crippen LogP contribution in [0, 0.1) is 5.92 Å². The van der Waals surface area contributed by atoms with Crippen LogP contribution in [0.3, 0.4) is 0 Å². The van der Waals surface area contributed by atoms with Gasteiger partial charge in [0.15, 0.2) is 0 Å². The van der Waals surface area contributed by atoms with Crippen molar-refractivity contribution < 1.29 is 4.79 Å². The number of benzene rings is 1. The summed E-state index contributed by atoms with van der Waals surface area (Å²) in [5.41, 5.74) is 7.03. The second-order valence-corrected chi connectivity index (χ2v) is 6.28. The Balaban J connectivity index is 2.03. The molecule has 2 rings (SSSR count). The molecule has 0 aliphatic heterocycles. The van der Waals surface area contributed by atoms with Crippen molar-refractivity contribution >= 4 is 27.5 Å². The molecule has 1 fully saturated rings. The number of halogens is 1. The van der Waals surface area contributed by atoms with Gasteiger partial charge in [-0.2, -0.15) is 0 Å². The fourth-order valence-electron chi connectivity index (χ4n) is 2.75. The molecule has 0 radical (unpaired) electrons. The molecule has 0 spiro atoms. The van der Waals surface area contributed by atoms with Crippen molar-refractivity contribution in [3.8, 4) is 0 Å². The Morgan fingerprint density at radius 1 is 1.37 bits per heavy atom. The highest BCUT2D eigenvalue weighted by molar-refractivity contribution is 9.10. The molecule has 104 valence electrons. The molecule has 1 aromatic carbocycles. The van der Waals surface area contributed by atoms with Gasteiger partial charge in [-0.1, -0.05) is 19.3 Å². The molecule has 1 aliphatic carbocycles. The summed E-state index contributed by atoms with van der Waals surface area (Å²) >= 11 is 3.42. The lowest BCUT2D eigenvalue weighted by molar-refractivity contribution is 0.0759. The third-order valence-corrected chi connectivity index (χ3v) is 4.52. The van der Waals surface area contributed by atoms with E-state index in [-0.39, 0.29) is 5.91 Å². The Kier molecular flexibility index (Phi) is 4.86. The first-order chi connectivity index (χ1) is 9.08. The van der Waals surface area contributed by atoms with Crippen molar-refractivity contribution in [1.82, 2.24) is 4.90 Å². The highest BCUT2D eigenvalue weighted by atomic mass is 79.9. The van der Waals surface area contributed by atoms with Crippen molar-refractivity contribution in [2.45, 2.75) is 32.1 Å². The molecule has 19 heavy (non-hydrogen) atoms. The molecular formula is C15H21BrN2O. The van der Waals surface area contributed by atoms with Gasteiger partial charge < -0.3 is 10.6 Å². The van der Waals surface area contributed by atoms with Crippen LogP contribution in [0.5, 0.6) is 0 Å². The van der Waals surface area contributed by atoms with Gasteiger partial charge in [0.05, 0.1) is 5.56 Å². The Morgan fingerprint density at radius 2 is 2.05 bits per heavy atom. The molecule has 0 unspecified atom stereocenters. The number of amides is 1. The van der Waals surface area contributed by atoms with Gasteiger partial charge in [0.25, 0.3) is 5.91 Å². The van der Waals surface area contributed by atoms with Crippen molar-refractivity contribution in [2.24, 2.45) is 5.92 Å². The summed E-state index contributed by atoms with van der Waals surface area (Å²) in [5, 5.41) is 0. The topological polar surface area (TPSA) is 46.3 Å². The SMILES string of the molecule is CN(CC1CCCCC1)C(=O)c1cc(N)ccc1Br. The largest absolute Gasteiger partial charge is 0.399 e. The zero-order valence-corrected chi connectivity index (χ0v) is 12.9. The maximum atomic E-state index is 12.4. The van der Waals surface area contributed by atoms with Crippen LogP contribution >= 0.6 is 15.9 Å². The molecule has 2 N–H and O–H groups in total. The maximum absolute atomic E-state index is 12.4. The van der Waals surface area contributed by atoms with Crippen LogP contribution in [-0.2, 0) is 0 Å². The first kappa shape index (κ1) is 14.4. The minimum atomic E-state index is 0.0461. The summed E-state index contributed by atoms with van der Waals surface area (Å²) in [6.45, 7) is 0.847. The van der Waals surface area contributed by atoms with Gasteiger partial charge in [-0.3, -0.25) is 4.79 Å². The lowest BCUT2D eigenvalue weighted by Gasteiger charge is -2.27. The highest BCUT2D eigenvalue weighted by Crippen LogP contribution is 2.26. The van der Waals surface area contributed by atoms with Crippen LogP contribution in [0.4, 0.5) is 5.69 Å². The number of nitrogen functional groups attached to an aromatic ring is 1. The Morgan fingerprint density at radius 3 is 2.74 bits per heavy atom. The molecule has 4 heteroatoms. The van der Waals surface area contributed by atoms with E-state index in [4.69, 9.17) is 5.73 Å². The van der Waals surface area contributed by atoms with E-state index in [0.29, 0.717) is 17.2 Å². The predicted octanol–water partition coefficient (Wildman–Crippen LogP) is 3.68. The van der Waals surface area contributed by atoms with E-state index in [2.05, 4.69) is 15.9 Å². The second kappa shape index (κ2) is 6.42. The monoisotopic (exact) mass is 324 g/mol. The van der Waals surface area contributed by atoms with Crippen LogP contribution < -0.4 is 5.73 Å². The molecule has 1 amide bonds. The summed E-state index contributed by atoms with van der Waals surface area (Å²) in [6, 6.07) is 5.36. The van der Waals surface area contributed by atoms with E-state index in [1.165, 1.54) is 32.1 Å². The van der Waals surface area contributed by atoms with E-state index < -0.39 is 0 Å². The van der Waals surface area contributed by atoms with Gasteiger partial charge in [0.2, 0.25) is 0 Å². The van der Waals surface area contributed by atoms with Crippen LogP contribution in [0.2, 0.25) is 0 Å². The maximum Gasteiger partial charge on any atom is 0.254 e. The van der Waals surface area contributed by atoms with Crippen molar-refractivity contribution in [2.75, 3.05) is 19.3 Å². The Labute approximate surface area is 123 Å². The molecule has 0 heterocycles. The minimum absolute atomic E-state index is 0.0461. The number of hydrogen-bond acceptors (Lipinski definition) is 2. The molecule has 1 saturated carbocycles. The summed E-state index contributed by atoms with van der Waals surface area (Å²) in [4.78, 5) is 14.3. The zero-order valence-electron chi connectivity index (χ0n) is 11.4. The third kappa shape index (κ3) is 3.72. The van der Waals surface area contributed by atoms with E-state index in [1.807, 2.05) is 18.0 Å². The van der Waals surface area contributed by atoms with Gasteiger partial charge in [-0.15, -0.1) is 0 Å².